The lowest BCUT2D eigenvalue weighted by atomic mass is 10.1. The molecule has 5 aromatic rings. The molecule has 0 aliphatic heterocycles. The van der Waals surface area contributed by atoms with Crippen LogP contribution >= 0.6 is 0 Å². The molecule has 158 valence electrons. The van der Waals surface area contributed by atoms with E-state index >= 15 is 0 Å². The SMILES string of the molecule is N#C/C(=C\c1cn(-c2ccccc2)nc1-c1ccc(F)cc1)c1nc2ccccc2c(=O)[nH]1. The van der Waals surface area contributed by atoms with E-state index in [1.54, 1.807) is 53.4 Å². The summed E-state index contributed by atoms with van der Waals surface area (Å²) < 4.78 is 15.2. The highest BCUT2D eigenvalue weighted by Gasteiger charge is 2.14. The van der Waals surface area contributed by atoms with Gasteiger partial charge in [-0.3, -0.25) is 4.79 Å². The largest absolute Gasteiger partial charge is 0.305 e. The first-order valence-electron chi connectivity index (χ1n) is 10.1. The molecule has 3 aromatic carbocycles. The Morgan fingerprint density at radius 3 is 2.48 bits per heavy atom. The van der Waals surface area contributed by atoms with Crippen molar-refractivity contribution in [2.45, 2.75) is 0 Å². The van der Waals surface area contributed by atoms with E-state index in [-0.39, 0.29) is 22.8 Å². The van der Waals surface area contributed by atoms with Gasteiger partial charge in [0, 0.05) is 17.3 Å². The van der Waals surface area contributed by atoms with Crippen LogP contribution in [0.25, 0.3) is 39.5 Å². The van der Waals surface area contributed by atoms with E-state index in [0.29, 0.717) is 27.7 Å². The number of aromatic nitrogens is 4. The zero-order valence-corrected chi connectivity index (χ0v) is 17.2. The Hall–Kier alpha value is -4.83. The number of rotatable bonds is 4. The molecule has 0 spiro atoms. The quantitative estimate of drug-likeness (QED) is 0.405. The van der Waals surface area contributed by atoms with Gasteiger partial charge < -0.3 is 4.98 Å². The lowest BCUT2D eigenvalue weighted by Crippen LogP contribution is -2.11. The third-order valence-electron chi connectivity index (χ3n) is 5.17. The van der Waals surface area contributed by atoms with Gasteiger partial charge in [-0.2, -0.15) is 10.4 Å². The van der Waals surface area contributed by atoms with Gasteiger partial charge in [0.25, 0.3) is 5.56 Å². The third-order valence-corrected chi connectivity index (χ3v) is 5.17. The third kappa shape index (κ3) is 3.93. The molecule has 0 fully saturated rings. The summed E-state index contributed by atoms with van der Waals surface area (Å²) in [4.78, 5) is 19.6. The summed E-state index contributed by atoms with van der Waals surface area (Å²) in [7, 11) is 0. The Morgan fingerprint density at radius 1 is 1.00 bits per heavy atom. The molecule has 5 rings (SSSR count). The van der Waals surface area contributed by atoms with Crippen molar-refractivity contribution in [2.24, 2.45) is 0 Å². The van der Waals surface area contributed by atoms with E-state index in [1.165, 1.54) is 12.1 Å². The van der Waals surface area contributed by atoms with Crippen LogP contribution in [0.5, 0.6) is 0 Å². The van der Waals surface area contributed by atoms with Crippen LogP contribution in [0, 0.1) is 17.1 Å². The van der Waals surface area contributed by atoms with E-state index in [9.17, 15) is 14.4 Å². The van der Waals surface area contributed by atoms with Crippen molar-refractivity contribution < 1.29 is 4.39 Å². The number of H-pyrrole nitrogens is 1. The smallest absolute Gasteiger partial charge is 0.259 e. The van der Waals surface area contributed by atoms with E-state index in [4.69, 9.17) is 0 Å². The summed E-state index contributed by atoms with van der Waals surface area (Å²) >= 11 is 0. The standard InChI is InChI=1S/C26H16FN5O/c27-20-12-10-17(11-13-20)24-19(16-32(31-24)21-6-2-1-3-7-21)14-18(15-28)25-29-23-9-5-4-8-22(23)26(33)30-25/h1-14,16H,(H,29,30,33)/b18-14+. The van der Waals surface area contributed by atoms with Crippen molar-refractivity contribution in [1.82, 2.24) is 19.7 Å². The van der Waals surface area contributed by atoms with Crippen LogP contribution in [0.15, 0.2) is 89.9 Å². The van der Waals surface area contributed by atoms with Crippen LogP contribution in [0.3, 0.4) is 0 Å². The number of hydrogen-bond donors (Lipinski definition) is 1. The van der Waals surface area contributed by atoms with Gasteiger partial charge in [-0.25, -0.2) is 14.1 Å². The molecule has 0 saturated heterocycles. The van der Waals surface area contributed by atoms with Gasteiger partial charge in [0.05, 0.1) is 27.9 Å². The molecule has 6 nitrogen and oxygen atoms in total. The van der Waals surface area contributed by atoms with Crippen LogP contribution in [0.2, 0.25) is 0 Å². The van der Waals surface area contributed by atoms with E-state index in [1.807, 2.05) is 30.3 Å². The Bertz CT molecular complexity index is 1590. The van der Waals surface area contributed by atoms with Gasteiger partial charge in [-0.15, -0.1) is 0 Å². The number of nitrogens with zero attached hydrogens (tertiary/aromatic N) is 4. The van der Waals surface area contributed by atoms with Crippen molar-refractivity contribution in [1.29, 1.82) is 5.26 Å². The Kier molecular flexibility index (Phi) is 5.09. The average Bonchev–Trinajstić information content (AvgIpc) is 3.27. The number of hydrogen-bond acceptors (Lipinski definition) is 4. The highest BCUT2D eigenvalue weighted by Crippen LogP contribution is 2.27. The molecular formula is C26H16FN5O. The molecule has 0 unspecified atom stereocenters. The highest BCUT2D eigenvalue weighted by atomic mass is 19.1. The number of fused-ring (bicyclic) bond motifs is 1. The lowest BCUT2D eigenvalue weighted by molar-refractivity contribution is 0.628. The van der Waals surface area contributed by atoms with Crippen molar-refractivity contribution >= 4 is 22.6 Å². The second-order valence-electron chi connectivity index (χ2n) is 7.32. The normalized spacial score (nSPS) is 11.5. The van der Waals surface area contributed by atoms with Crippen molar-refractivity contribution in [3.05, 3.63) is 113 Å². The zero-order valence-electron chi connectivity index (χ0n) is 17.2. The van der Waals surface area contributed by atoms with Crippen LogP contribution in [-0.2, 0) is 0 Å². The molecule has 0 saturated carbocycles. The Balaban J connectivity index is 1.68. The minimum Gasteiger partial charge on any atom is -0.305 e. The van der Waals surface area contributed by atoms with Gasteiger partial charge in [0.1, 0.15) is 11.9 Å². The summed E-state index contributed by atoms with van der Waals surface area (Å²) in [5, 5.41) is 15.0. The molecule has 0 aliphatic carbocycles. The molecule has 0 amide bonds. The minimum atomic E-state index is -0.353. The molecule has 0 bridgehead atoms. The number of nitriles is 1. The Morgan fingerprint density at radius 2 is 1.73 bits per heavy atom. The van der Waals surface area contributed by atoms with E-state index < -0.39 is 0 Å². The zero-order chi connectivity index (χ0) is 22.8. The number of nitrogens with one attached hydrogen (secondary N) is 1. The summed E-state index contributed by atoms with van der Waals surface area (Å²) in [6, 6.07) is 24.6. The predicted octanol–water partition coefficient (Wildman–Crippen LogP) is 4.98. The fourth-order valence-electron chi connectivity index (χ4n) is 3.56. The molecule has 0 aliphatic rings. The van der Waals surface area contributed by atoms with Gasteiger partial charge in [0.2, 0.25) is 0 Å². The number of benzene rings is 3. The molecule has 7 heteroatoms. The van der Waals surface area contributed by atoms with Crippen molar-refractivity contribution in [2.75, 3.05) is 0 Å². The van der Waals surface area contributed by atoms with Gasteiger partial charge in [-0.1, -0.05) is 30.3 Å². The highest BCUT2D eigenvalue weighted by molar-refractivity contribution is 5.91. The predicted molar refractivity (Wildman–Crippen MR) is 125 cm³/mol. The van der Waals surface area contributed by atoms with Gasteiger partial charge in [-0.05, 0) is 54.6 Å². The van der Waals surface area contributed by atoms with Crippen LogP contribution in [0.1, 0.15) is 11.4 Å². The summed E-state index contributed by atoms with van der Waals surface area (Å²) in [6.07, 6.45) is 3.41. The molecule has 0 atom stereocenters. The van der Waals surface area contributed by atoms with E-state index in [0.717, 1.165) is 5.69 Å². The van der Waals surface area contributed by atoms with Gasteiger partial charge >= 0.3 is 0 Å². The van der Waals surface area contributed by atoms with Gasteiger partial charge in [0.15, 0.2) is 5.82 Å². The number of allylic oxidation sites excluding steroid dienone is 1. The molecule has 2 aromatic heterocycles. The monoisotopic (exact) mass is 433 g/mol. The molecule has 1 N–H and O–H groups in total. The second-order valence-corrected chi connectivity index (χ2v) is 7.32. The fraction of sp³-hybridized carbons (Fsp3) is 0. The number of halogens is 1. The molecule has 2 heterocycles. The maximum Gasteiger partial charge on any atom is 0.259 e. The van der Waals surface area contributed by atoms with Crippen molar-refractivity contribution in [3.8, 4) is 23.0 Å². The van der Waals surface area contributed by atoms with Crippen LogP contribution in [0.4, 0.5) is 4.39 Å². The molecular weight excluding hydrogens is 417 g/mol. The number of para-hydroxylation sites is 2. The maximum atomic E-state index is 13.5. The lowest BCUT2D eigenvalue weighted by Gasteiger charge is -2.03. The summed E-state index contributed by atoms with van der Waals surface area (Å²) in [5.41, 5.74) is 3.05. The fourth-order valence-corrected chi connectivity index (χ4v) is 3.56. The maximum absolute atomic E-state index is 13.5. The van der Waals surface area contributed by atoms with E-state index in [2.05, 4.69) is 21.1 Å². The van der Waals surface area contributed by atoms with Crippen molar-refractivity contribution in [3.63, 3.8) is 0 Å². The van der Waals surface area contributed by atoms with Crippen LogP contribution in [-0.4, -0.2) is 19.7 Å². The average molecular weight is 433 g/mol. The second kappa shape index (κ2) is 8.36. The number of aromatic amines is 1. The summed E-state index contributed by atoms with van der Waals surface area (Å²) in [5.74, 6) is -0.187. The first-order valence-corrected chi connectivity index (χ1v) is 10.1. The molecule has 0 radical (unpaired) electrons. The van der Waals surface area contributed by atoms with Crippen LogP contribution < -0.4 is 5.56 Å². The first-order chi connectivity index (χ1) is 16.1. The topological polar surface area (TPSA) is 87.4 Å². The summed E-state index contributed by atoms with van der Waals surface area (Å²) in [6.45, 7) is 0. The minimum absolute atomic E-state index is 0.165. The Labute approximate surface area is 187 Å². The molecule has 33 heavy (non-hydrogen) atoms. The first kappa shape index (κ1) is 20.1.